The van der Waals surface area contributed by atoms with Gasteiger partial charge in [-0.1, -0.05) is 38.1 Å². The number of allylic oxidation sites excluding steroid dienone is 1. The molecule has 0 aliphatic heterocycles. The van der Waals surface area contributed by atoms with Crippen LogP contribution in [-0.2, 0) is 6.42 Å². The fraction of sp³-hybridized carbons (Fsp3) is 0.385. The molecule has 0 aromatic heterocycles. The van der Waals surface area contributed by atoms with E-state index in [1.165, 1.54) is 16.8 Å². The van der Waals surface area contributed by atoms with Crippen LogP contribution in [0.3, 0.4) is 0 Å². The monoisotopic (exact) mass is 189 g/mol. The zero-order chi connectivity index (χ0) is 10.6. The van der Waals surface area contributed by atoms with Crippen LogP contribution in [0.4, 0.5) is 5.69 Å². The Morgan fingerprint density at radius 2 is 2.14 bits per heavy atom. The van der Waals surface area contributed by atoms with E-state index in [0.717, 1.165) is 6.42 Å². The van der Waals surface area contributed by atoms with Gasteiger partial charge in [-0.2, -0.15) is 0 Å². The van der Waals surface area contributed by atoms with Crippen molar-refractivity contribution >= 4 is 5.69 Å². The van der Waals surface area contributed by atoms with E-state index < -0.39 is 0 Å². The summed E-state index contributed by atoms with van der Waals surface area (Å²) in [7, 11) is 1.98. The van der Waals surface area contributed by atoms with Gasteiger partial charge in [0, 0.05) is 12.7 Å². The first kappa shape index (κ1) is 10.8. The number of anilines is 1. The largest absolute Gasteiger partial charge is 0.388 e. The lowest BCUT2D eigenvalue weighted by Crippen LogP contribution is -2.01. The molecule has 1 aromatic rings. The van der Waals surface area contributed by atoms with Gasteiger partial charge < -0.3 is 5.32 Å². The Morgan fingerprint density at radius 3 is 2.64 bits per heavy atom. The number of nitrogens with one attached hydrogen (secondary N) is 1. The van der Waals surface area contributed by atoms with Crippen LogP contribution in [0.1, 0.15) is 30.9 Å². The maximum atomic E-state index is 3.78. The summed E-state index contributed by atoms with van der Waals surface area (Å²) in [5.74, 6) is 0.558. The van der Waals surface area contributed by atoms with Crippen molar-refractivity contribution in [2.75, 3.05) is 12.4 Å². The summed E-state index contributed by atoms with van der Waals surface area (Å²) >= 11 is 0. The Kier molecular flexibility index (Phi) is 3.75. The van der Waals surface area contributed by atoms with E-state index in [0.29, 0.717) is 5.92 Å². The van der Waals surface area contributed by atoms with Crippen molar-refractivity contribution in [3.05, 3.63) is 42.0 Å². The quantitative estimate of drug-likeness (QED) is 0.714. The van der Waals surface area contributed by atoms with Gasteiger partial charge in [-0.05, 0) is 23.5 Å². The molecule has 0 fully saturated rings. The minimum absolute atomic E-state index is 0.558. The van der Waals surface area contributed by atoms with E-state index in [2.05, 4.69) is 43.9 Å². The van der Waals surface area contributed by atoms with Gasteiger partial charge in [0.25, 0.3) is 0 Å². The lowest BCUT2D eigenvalue weighted by molar-refractivity contribution is 0.865. The molecule has 1 rings (SSSR count). The van der Waals surface area contributed by atoms with Crippen LogP contribution in [0.25, 0.3) is 0 Å². The molecule has 1 nitrogen and oxygen atoms in total. The molecule has 0 radical (unpaired) electrons. The SMILES string of the molecule is C=CCc1cccc(C(C)C)c1NC. The van der Waals surface area contributed by atoms with Gasteiger partial charge in [0.1, 0.15) is 0 Å². The zero-order valence-corrected chi connectivity index (χ0v) is 9.30. The van der Waals surface area contributed by atoms with E-state index in [4.69, 9.17) is 0 Å². The first-order chi connectivity index (χ1) is 6.70. The topological polar surface area (TPSA) is 12.0 Å². The normalized spacial score (nSPS) is 10.3. The molecule has 0 saturated heterocycles. The average molecular weight is 189 g/mol. The number of para-hydroxylation sites is 1. The van der Waals surface area contributed by atoms with Crippen molar-refractivity contribution < 1.29 is 0 Å². The molecule has 1 N–H and O–H groups in total. The third-order valence-electron chi connectivity index (χ3n) is 2.42. The van der Waals surface area contributed by atoms with Crippen molar-refractivity contribution in [1.82, 2.24) is 0 Å². The van der Waals surface area contributed by atoms with Crippen molar-refractivity contribution in [1.29, 1.82) is 0 Å². The van der Waals surface area contributed by atoms with Gasteiger partial charge in [0.15, 0.2) is 0 Å². The second-order valence-corrected chi connectivity index (χ2v) is 3.78. The molecule has 0 saturated carbocycles. The number of benzene rings is 1. The highest BCUT2D eigenvalue weighted by Gasteiger charge is 2.08. The minimum Gasteiger partial charge on any atom is -0.388 e. The highest BCUT2D eigenvalue weighted by atomic mass is 14.8. The fourth-order valence-electron chi connectivity index (χ4n) is 1.73. The second-order valence-electron chi connectivity index (χ2n) is 3.78. The summed E-state index contributed by atoms with van der Waals surface area (Å²) in [5, 5.41) is 3.28. The standard InChI is InChI=1S/C13H19N/c1-5-7-11-8-6-9-12(10(2)3)13(11)14-4/h5-6,8-10,14H,1,7H2,2-4H3. The van der Waals surface area contributed by atoms with Gasteiger partial charge in [-0.15, -0.1) is 6.58 Å². The van der Waals surface area contributed by atoms with Crippen LogP contribution in [0.5, 0.6) is 0 Å². The predicted molar refractivity (Wildman–Crippen MR) is 64.0 cm³/mol. The summed E-state index contributed by atoms with van der Waals surface area (Å²) in [6, 6.07) is 6.46. The van der Waals surface area contributed by atoms with E-state index in [1.807, 2.05) is 13.1 Å². The highest BCUT2D eigenvalue weighted by molar-refractivity contribution is 5.59. The van der Waals surface area contributed by atoms with Gasteiger partial charge in [-0.25, -0.2) is 0 Å². The molecule has 76 valence electrons. The third-order valence-corrected chi connectivity index (χ3v) is 2.42. The number of rotatable bonds is 4. The summed E-state index contributed by atoms with van der Waals surface area (Å²) in [5.41, 5.74) is 3.97. The second kappa shape index (κ2) is 4.85. The first-order valence-electron chi connectivity index (χ1n) is 5.11. The van der Waals surface area contributed by atoms with Crippen LogP contribution in [-0.4, -0.2) is 7.05 Å². The summed E-state index contributed by atoms with van der Waals surface area (Å²) in [4.78, 5) is 0. The van der Waals surface area contributed by atoms with Gasteiger partial charge in [-0.3, -0.25) is 0 Å². The number of hydrogen-bond acceptors (Lipinski definition) is 1. The molecule has 1 aromatic carbocycles. The summed E-state index contributed by atoms with van der Waals surface area (Å²) in [6.45, 7) is 8.21. The highest BCUT2D eigenvalue weighted by Crippen LogP contribution is 2.27. The van der Waals surface area contributed by atoms with Crippen LogP contribution in [0.2, 0.25) is 0 Å². The summed E-state index contributed by atoms with van der Waals surface area (Å²) in [6.07, 6.45) is 2.87. The van der Waals surface area contributed by atoms with Gasteiger partial charge in [0.2, 0.25) is 0 Å². The van der Waals surface area contributed by atoms with Crippen molar-refractivity contribution in [2.24, 2.45) is 0 Å². The average Bonchev–Trinajstić information content (AvgIpc) is 2.18. The maximum Gasteiger partial charge on any atom is 0.0408 e. The van der Waals surface area contributed by atoms with E-state index in [9.17, 15) is 0 Å². The lowest BCUT2D eigenvalue weighted by atomic mass is 9.96. The molecule has 1 heteroatoms. The fourth-order valence-corrected chi connectivity index (χ4v) is 1.73. The molecular formula is C13H19N. The Labute approximate surface area is 86.8 Å². The molecular weight excluding hydrogens is 170 g/mol. The van der Waals surface area contributed by atoms with E-state index >= 15 is 0 Å². The summed E-state index contributed by atoms with van der Waals surface area (Å²) < 4.78 is 0. The number of hydrogen-bond donors (Lipinski definition) is 1. The van der Waals surface area contributed by atoms with E-state index in [1.54, 1.807) is 0 Å². The molecule has 0 aliphatic rings. The molecule has 0 heterocycles. The Hall–Kier alpha value is -1.24. The van der Waals surface area contributed by atoms with Crippen LogP contribution >= 0.6 is 0 Å². The van der Waals surface area contributed by atoms with Gasteiger partial charge >= 0.3 is 0 Å². The van der Waals surface area contributed by atoms with E-state index in [-0.39, 0.29) is 0 Å². The Balaban J connectivity index is 3.17. The lowest BCUT2D eigenvalue weighted by Gasteiger charge is -2.15. The van der Waals surface area contributed by atoms with Crippen LogP contribution in [0.15, 0.2) is 30.9 Å². The zero-order valence-electron chi connectivity index (χ0n) is 9.30. The minimum atomic E-state index is 0.558. The van der Waals surface area contributed by atoms with Gasteiger partial charge in [0.05, 0.1) is 0 Å². The molecule has 0 aliphatic carbocycles. The molecule has 0 spiro atoms. The molecule has 0 bridgehead atoms. The predicted octanol–water partition coefficient (Wildman–Crippen LogP) is 3.58. The Morgan fingerprint density at radius 1 is 1.43 bits per heavy atom. The molecule has 14 heavy (non-hydrogen) atoms. The van der Waals surface area contributed by atoms with Crippen molar-refractivity contribution in [3.8, 4) is 0 Å². The van der Waals surface area contributed by atoms with Crippen LogP contribution < -0.4 is 5.32 Å². The molecule has 0 unspecified atom stereocenters. The maximum absolute atomic E-state index is 3.78. The smallest absolute Gasteiger partial charge is 0.0408 e. The third kappa shape index (κ3) is 2.16. The first-order valence-corrected chi connectivity index (χ1v) is 5.11. The van der Waals surface area contributed by atoms with Crippen molar-refractivity contribution in [2.45, 2.75) is 26.2 Å². The molecule has 0 amide bonds. The molecule has 0 atom stereocenters. The Bertz CT molecular complexity index is 313. The van der Waals surface area contributed by atoms with Crippen LogP contribution in [0, 0.1) is 0 Å². The van der Waals surface area contributed by atoms with Crippen molar-refractivity contribution in [3.63, 3.8) is 0 Å².